The van der Waals surface area contributed by atoms with Crippen molar-refractivity contribution in [1.29, 1.82) is 0 Å². The van der Waals surface area contributed by atoms with Gasteiger partial charge in [0.15, 0.2) is 0 Å². The summed E-state index contributed by atoms with van der Waals surface area (Å²) in [6.45, 7) is 21.8. The van der Waals surface area contributed by atoms with Gasteiger partial charge in [-0.3, -0.25) is 4.79 Å². The molecular formula is C20H34OS. The van der Waals surface area contributed by atoms with Gasteiger partial charge in [0.2, 0.25) is 0 Å². The molecule has 0 heterocycles. The molecule has 1 fully saturated rings. The van der Waals surface area contributed by atoms with Gasteiger partial charge in [-0.2, -0.15) is 11.8 Å². The van der Waals surface area contributed by atoms with Crippen LogP contribution in [0, 0.1) is 64.2 Å². The molecule has 1 nitrogen and oxygen atoms in total. The number of thioether (sulfide) groups is 1. The molecule has 0 aromatic heterocycles. The van der Waals surface area contributed by atoms with Crippen molar-refractivity contribution >= 4 is 17.5 Å². The number of carbonyl (C=O) groups excluding carboxylic acids is 1. The van der Waals surface area contributed by atoms with Gasteiger partial charge in [-0.05, 0) is 62.5 Å². The second kappa shape index (κ2) is 14.2. The van der Waals surface area contributed by atoms with E-state index in [1.807, 2.05) is 0 Å². The fourth-order valence-corrected chi connectivity index (χ4v) is 3.36. The minimum absolute atomic E-state index is 0.103. The average Bonchev–Trinajstić information content (AvgIpc) is 2.46. The first-order chi connectivity index (χ1) is 10.3. The van der Waals surface area contributed by atoms with E-state index >= 15 is 0 Å². The Bertz CT molecular complexity index is 295. The van der Waals surface area contributed by atoms with Gasteiger partial charge in [0.1, 0.15) is 5.78 Å². The summed E-state index contributed by atoms with van der Waals surface area (Å²) in [5.74, 6) is 4.16. The van der Waals surface area contributed by atoms with Crippen LogP contribution in [-0.4, -0.2) is 16.8 Å². The normalized spacial score (nSPS) is 25.3. The Hall–Kier alpha value is -0.420. The maximum atomic E-state index is 10.4. The van der Waals surface area contributed by atoms with Crippen LogP contribution in [0.15, 0.2) is 0 Å². The number of hydrogen-bond acceptors (Lipinski definition) is 2. The summed E-state index contributed by atoms with van der Waals surface area (Å²) >= 11 is 1.50. The summed E-state index contributed by atoms with van der Waals surface area (Å²) in [5, 5.41) is -0.202. The zero-order valence-electron chi connectivity index (χ0n) is 14.7. The van der Waals surface area contributed by atoms with Crippen LogP contribution in [0.4, 0.5) is 0 Å². The summed E-state index contributed by atoms with van der Waals surface area (Å²) in [5.41, 5.74) is 0. The monoisotopic (exact) mass is 322 g/mol. The van der Waals surface area contributed by atoms with Gasteiger partial charge in [-0.1, -0.05) is 34.1 Å². The van der Waals surface area contributed by atoms with Crippen LogP contribution in [0.2, 0.25) is 0 Å². The van der Waals surface area contributed by atoms with Gasteiger partial charge in [0, 0.05) is 6.92 Å². The van der Waals surface area contributed by atoms with Crippen LogP contribution in [0.1, 0.15) is 46.5 Å². The van der Waals surface area contributed by atoms with E-state index in [1.165, 1.54) is 31.0 Å². The molecule has 0 N–H and O–H groups in total. The highest BCUT2D eigenvalue weighted by molar-refractivity contribution is 8.00. The molecule has 0 aliphatic heterocycles. The first kappa shape index (κ1) is 23.8. The third-order valence-corrected chi connectivity index (χ3v) is 5.17. The molecule has 0 amide bonds. The number of terminal acetylenes is 1. The minimum atomic E-state index is -0.202. The van der Waals surface area contributed by atoms with Crippen molar-refractivity contribution in [1.82, 2.24) is 0 Å². The number of hydrogen-bond donors (Lipinski definition) is 0. The second-order valence-electron chi connectivity index (χ2n) is 6.27. The van der Waals surface area contributed by atoms with E-state index in [0.29, 0.717) is 0 Å². The number of ketones is 1. The van der Waals surface area contributed by atoms with Gasteiger partial charge in [-0.15, -0.1) is 12.8 Å². The topological polar surface area (TPSA) is 17.1 Å². The van der Waals surface area contributed by atoms with Crippen LogP contribution in [-0.2, 0) is 4.79 Å². The molecule has 0 saturated heterocycles. The lowest BCUT2D eigenvalue weighted by Crippen LogP contribution is -2.25. The summed E-state index contributed by atoms with van der Waals surface area (Å²) in [7, 11) is 0. The van der Waals surface area contributed by atoms with Gasteiger partial charge in [0.05, 0.1) is 5.25 Å². The molecule has 0 unspecified atom stereocenters. The summed E-state index contributed by atoms with van der Waals surface area (Å²) in [6.07, 6.45) is 13.0. The fourth-order valence-electron chi connectivity index (χ4n) is 2.72. The molecule has 1 aliphatic rings. The van der Waals surface area contributed by atoms with Gasteiger partial charge >= 0.3 is 0 Å². The zero-order chi connectivity index (χ0) is 17.7. The van der Waals surface area contributed by atoms with E-state index in [9.17, 15) is 4.79 Å². The lowest BCUT2D eigenvalue weighted by atomic mass is 9.71. The van der Waals surface area contributed by atoms with Crippen LogP contribution >= 0.6 is 11.8 Å². The molecule has 0 spiro atoms. The molecule has 1 saturated carbocycles. The molecular weight excluding hydrogens is 288 g/mol. The Morgan fingerprint density at radius 1 is 1.32 bits per heavy atom. The molecule has 4 radical (unpaired) electrons. The van der Waals surface area contributed by atoms with Crippen LogP contribution in [0.3, 0.4) is 0 Å². The first-order valence-electron chi connectivity index (χ1n) is 8.05. The third kappa shape index (κ3) is 11.2. The molecule has 0 aromatic carbocycles. The van der Waals surface area contributed by atoms with Crippen molar-refractivity contribution in [2.24, 2.45) is 23.7 Å². The van der Waals surface area contributed by atoms with E-state index in [1.54, 1.807) is 0 Å². The Morgan fingerprint density at radius 2 is 1.86 bits per heavy atom. The molecule has 1 rings (SSSR count). The first-order valence-corrected chi connectivity index (χ1v) is 9.10. The van der Waals surface area contributed by atoms with Crippen molar-refractivity contribution in [2.75, 3.05) is 5.75 Å². The molecule has 0 aromatic rings. The van der Waals surface area contributed by atoms with Gasteiger partial charge in [0.25, 0.3) is 0 Å². The highest BCUT2D eigenvalue weighted by atomic mass is 32.2. The Morgan fingerprint density at radius 3 is 2.23 bits per heavy atom. The summed E-state index contributed by atoms with van der Waals surface area (Å²) in [6, 6.07) is 0. The highest BCUT2D eigenvalue weighted by Gasteiger charge is 2.27. The number of carbonyl (C=O) groups is 1. The standard InChI is InChI=1S/C11H21.C7H11OS.C2H2/c1-8(2)11-6-5-9(3)7-10(11)4;1-4-5-9-7(3)6(2)8;1-2/h8-11H,4-7H2,1-3H3;7H,1-5H2;1-2H/t9-,10-,11+;7-;/m10./s1. The van der Waals surface area contributed by atoms with E-state index in [0.717, 1.165) is 35.8 Å². The number of Topliss-reactive ketones (excluding diaryl/α,β-unsaturated/α-hetero) is 1. The van der Waals surface area contributed by atoms with E-state index in [4.69, 9.17) is 0 Å². The number of rotatable bonds is 5. The lowest BCUT2D eigenvalue weighted by molar-refractivity contribution is -0.113. The van der Waals surface area contributed by atoms with Crippen molar-refractivity contribution in [3.8, 4) is 12.8 Å². The Labute approximate surface area is 144 Å². The largest absolute Gasteiger partial charge is 0.298 e. The van der Waals surface area contributed by atoms with Crippen LogP contribution in [0.25, 0.3) is 0 Å². The molecule has 0 bridgehead atoms. The van der Waals surface area contributed by atoms with E-state index in [-0.39, 0.29) is 11.0 Å². The van der Waals surface area contributed by atoms with Gasteiger partial charge in [-0.25, -0.2) is 0 Å². The van der Waals surface area contributed by atoms with E-state index in [2.05, 4.69) is 61.3 Å². The maximum absolute atomic E-state index is 10.4. The average molecular weight is 323 g/mol. The van der Waals surface area contributed by atoms with Crippen molar-refractivity contribution in [2.45, 2.75) is 51.7 Å². The molecule has 2 heteroatoms. The van der Waals surface area contributed by atoms with Gasteiger partial charge < -0.3 is 0 Å². The second-order valence-corrected chi connectivity index (χ2v) is 7.58. The van der Waals surface area contributed by atoms with Crippen LogP contribution < -0.4 is 0 Å². The smallest absolute Gasteiger partial charge is 0.146 e. The third-order valence-electron chi connectivity index (χ3n) is 3.98. The maximum Gasteiger partial charge on any atom is 0.146 e. The van der Waals surface area contributed by atoms with Crippen molar-refractivity contribution < 1.29 is 4.79 Å². The SMILES string of the molecule is C#C.[CH2]CCS[C@@H]([CH2])C([CH2])=O.[CH2][C@@H]1C[C@H](C)CC[C@H]1C(C)C. The molecule has 4 atom stereocenters. The quantitative estimate of drug-likeness (QED) is 0.637. The van der Waals surface area contributed by atoms with Crippen LogP contribution in [0.5, 0.6) is 0 Å². The summed E-state index contributed by atoms with van der Waals surface area (Å²) < 4.78 is 0. The lowest BCUT2D eigenvalue weighted by Gasteiger charge is -2.35. The van der Waals surface area contributed by atoms with Crippen molar-refractivity contribution in [3.05, 3.63) is 27.7 Å². The highest BCUT2D eigenvalue weighted by Crippen LogP contribution is 2.37. The predicted octanol–water partition coefficient (Wildman–Crippen LogP) is 5.33. The summed E-state index contributed by atoms with van der Waals surface area (Å²) in [4.78, 5) is 10.4. The fraction of sp³-hybridized carbons (Fsp3) is 0.650. The molecule has 126 valence electrons. The molecule has 22 heavy (non-hydrogen) atoms. The Kier molecular flexibility index (Phi) is 15.4. The van der Waals surface area contributed by atoms with Crippen molar-refractivity contribution in [3.63, 3.8) is 0 Å². The zero-order valence-corrected chi connectivity index (χ0v) is 15.5. The Balaban J connectivity index is 0. The van der Waals surface area contributed by atoms with E-state index < -0.39 is 0 Å². The predicted molar refractivity (Wildman–Crippen MR) is 102 cm³/mol. The molecule has 1 aliphatic carbocycles. The minimum Gasteiger partial charge on any atom is -0.298 e.